The van der Waals surface area contributed by atoms with Crippen molar-refractivity contribution in [1.82, 2.24) is 0 Å². The van der Waals surface area contributed by atoms with Crippen LogP contribution in [-0.2, 0) is 4.57 Å². The highest BCUT2D eigenvalue weighted by atomic mass is 31.2. The van der Waals surface area contributed by atoms with Crippen LogP contribution in [0.5, 0.6) is 0 Å². The van der Waals surface area contributed by atoms with Crippen LogP contribution in [0.1, 0.15) is 0 Å². The second kappa shape index (κ2) is 4.12. The zero-order valence-corrected chi connectivity index (χ0v) is 4.77. The topological polar surface area (TPSA) is 37.3 Å². The first-order valence-corrected chi connectivity index (χ1v) is 3.51. The maximum Gasteiger partial charge on any atom is 0.243 e. The van der Waals surface area contributed by atoms with Gasteiger partial charge in [0.1, 0.15) is 0 Å². The molecule has 4 heteroatoms. The Morgan fingerprint density at radius 3 is 1.62 bits per heavy atom. The van der Waals surface area contributed by atoms with Gasteiger partial charge in [0.25, 0.3) is 0 Å². The SMILES string of the molecule is C=CP(=O)(O)C=C.[AlH3]. The van der Waals surface area contributed by atoms with Gasteiger partial charge in [-0.1, -0.05) is 13.2 Å². The van der Waals surface area contributed by atoms with Crippen LogP contribution in [0, 0.1) is 0 Å². The van der Waals surface area contributed by atoms with Crippen LogP contribution in [-0.4, -0.2) is 22.3 Å². The van der Waals surface area contributed by atoms with E-state index in [1.54, 1.807) is 0 Å². The minimum absolute atomic E-state index is 0. The highest BCUT2D eigenvalue weighted by Crippen LogP contribution is 2.41. The van der Waals surface area contributed by atoms with E-state index in [9.17, 15) is 4.57 Å². The smallest absolute Gasteiger partial charge is 0.243 e. The lowest BCUT2D eigenvalue weighted by molar-refractivity contribution is 0.499. The molecular formula is C4H10AlO2P. The molecule has 0 saturated carbocycles. The third-order valence-electron chi connectivity index (χ3n) is 0.523. The molecule has 0 aliphatic rings. The largest absolute Gasteiger partial charge is 0.339 e. The van der Waals surface area contributed by atoms with E-state index >= 15 is 0 Å². The summed E-state index contributed by atoms with van der Waals surface area (Å²) in [7, 11) is -3.13. The van der Waals surface area contributed by atoms with E-state index in [1.807, 2.05) is 0 Å². The van der Waals surface area contributed by atoms with E-state index in [4.69, 9.17) is 4.89 Å². The van der Waals surface area contributed by atoms with Crippen molar-refractivity contribution >= 4 is 24.7 Å². The molecule has 0 fully saturated rings. The van der Waals surface area contributed by atoms with Crippen molar-refractivity contribution < 1.29 is 9.46 Å². The van der Waals surface area contributed by atoms with Crippen LogP contribution in [0.15, 0.2) is 24.8 Å². The van der Waals surface area contributed by atoms with Crippen LogP contribution >= 0.6 is 7.37 Å². The standard InChI is InChI=1S/C4H7O2P.Al.3H/c1-3-7(5,6)4-2;;;;/h3-4H,1-2H2,(H,5,6);;;;. The highest BCUT2D eigenvalue weighted by molar-refractivity contribution is 7.64. The average Bonchev–Trinajstić information content (AvgIpc) is 1.68. The summed E-state index contributed by atoms with van der Waals surface area (Å²) in [5.74, 6) is 1.97. The predicted molar refractivity (Wildman–Crippen MR) is 40.2 cm³/mol. The molecule has 8 heavy (non-hydrogen) atoms. The summed E-state index contributed by atoms with van der Waals surface area (Å²) in [6.45, 7) is 6.24. The Morgan fingerprint density at radius 2 is 1.62 bits per heavy atom. The minimum atomic E-state index is -3.13. The van der Waals surface area contributed by atoms with Crippen LogP contribution in [0.25, 0.3) is 0 Å². The second-order valence-corrected chi connectivity index (χ2v) is 3.11. The summed E-state index contributed by atoms with van der Waals surface area (Å²) in [6, 6.07) is 0. The highest BCUT2D eigenvalue weighted by Gasteiger charge is 2.01. The summed E-state index contributed by atoms with van der Waals surface area (Å²) in [5, 5.41) is 0. The molecule has 2 nitrogen and oxygen atoms in total. The third-order valence-corrected chi connectivity index (χ3v) is 1.57. The van der Waals surface area contributed by atoms with Gasteiger partial charge in [-0.2, -0.15) is 0 Å². The van der Waals surface area contributed by atoms with Crippen molar-refractivity contribution in [2.24, 2.45) is 0 Å². The molecular weight excluding hydrogens is 138 g/mol. The summed E-state index contributed by atoms with van der Waals surface area (Å²) in [4.78, 5) is 8.45. The van der Waals surface area contributed by atoms with E-state index in [2.05, 4.69) is 13.2 Å². The van der Waals surface area contributed by atoms with Gasteiger partial charge in [0.15, 0.2) is 17.4 Å². The van der Waals surface area contributed by atoms with E-state index < -0.39 is 7.37 Å². The fourth-order valence-electron chi connectivity index (χ4n) is 0.0745. The van der Waals surface area contributed by atoms with Crippen LogP contribution in [0.2, 0.25) is 0 Å². The quantitative estimate of drug-likeness (QED) is 0.453. The van der Waals surface area contributed by atoms with Crippen molar-refractivity contribution in [3.63, 3.8) is 0 Å². The Morgan fingerprint density at radius 1 is 1.38 bits per heavy atom. The van der Waals surface area contributed by atoms with Gasteiger partial charge in [0, 0.05) is 0 Å². The van der Waals surface area contributed by atoms with Gasteiger partial charge in [0.05, 0.1) is 0 Å². The van der Waals surface area contributed by atoms with Gasteiger partial charge in [-0.3, -0.25) is 4.57 Å². The Balaban J connectivity index is 0. The minimum Gasteiger partial charge on any atom is -0.339 e. The fraction of sp³-hybridized carbons (Fsp3) is 0. The molecule has 0 radical (unpaired) electrons. The van der Waals surface area contributed by atoms with Crippen LogP contribution in [0.4, 0.5) is 0 Å². The molecule has 46 valence electrons. The van der Waals surface area contributed by atoms with E-state index in [0.29, 0.717) is 0 Å². The van der Waals surface area contributed by atoms with Crippen molar-refractivity contribution in [2.75, 3.05) is 0 Å². The molecule has 0 rings (SSSR count). The maximum absolute atomic E-state index is 10.3. The van der Waals surface area contributed by atoms with Gasteiger partial charge < -0.3 is 4.89 Å². The molecule has 0 amide bonds. The normalized spacial score (nSPS) is 9.12. The molecule has 0 aromatic rings. The number of hydrogen-bond donors (Lipinski definition) is 1. The van der Waals surface area contributed by atoms with Gasteiger partial charge >= 0.3 is 0 Å². The van der Waals surface area contributed by atoms with Gasteiger partial charge in [-0.15, -0.1) is 0 Å². The Kier molecular flexibility index (Phi) is 5.69. The van der Waals surface area contributed by atoms with Crippen molar-refractivity contribution in [2.45, 2.75) is 0 Å². The average molecular weight is 148 g/mol. The summed E-state index contributed by atoms with van der Waals surface area (Å²) in [6.07, 6.45) is 0. The summed E-state index contributed by atoms with van der Waals surface area (Å²) >= 11 is 0. The second-order valence-electron chi connectivity index (χ2n) is 1.04. The van der Waals surface area contributed by atoms with Crippen molar-refractivity contribution in [1.29, 1.82) is 0 Å². The molecule has 0 bridgehead atoms. The molecule has 0 aliphatic heterocycles. The third kappa shape index (κ3) is 4.36. The molecule has 0 unspecified atom stereocenters. The molecule has 0 spiro atoms. The first-order chi connectivity index (χ1) is 3.12. The van der Waals surface area contributed by atoms with Gasteiger partial charge in [0.2, 0.25) is 7.37 Å². The first kappa shape index (κ1) is 11.1. The number of rotatable bonds is 2. The van der Waals surface area contributed by atoms with Gasteiger partial charge in [-0.25, -0.2) is 0 Å². The summed E-state index contributed by atoms with van der Waals surface area (Å²) in [5.41, 5.74) is 0. The molecule has 0 aromatic heterocycles. The molecule has 0 heterocycles. The Hall–Kier alpha value is 0.202. The Bertz CT molecular complexity index is 120. The van der Waals surface area contributed by atoms with E-state index in [0.717, 1.165) is 11.6 Å². The lowest BCUT2D eigenvalue weighted by Gasteiger charge is -1.92. The molecule has 0 saturated heterocycles. The maximum atomic E-state index is 10.3. The van der Waals surface area contributed by atoms with Crippen LogP contribution < -0.4 is 0 Å². The Labute approximate surface area is 59.5 Å². The predicted octanol–water partition coefficient (Wildman–Crippen LogP) is 0.360. The fourth-order valence-corrected chi connectivity index (χ4v) is 0.224. The van der Waals surface area contributed by atoms with Gasteiger partial charge in [-0.05, 0) is 11.6 Å². The molecule has 1 N–H and O–H groups in total. The first-order valence-electron chi connectivity index (χ1n) is 1.72. The summed E-state index contributed by atoms with van der Waals surface area (Å²) < 4.78 is 10.3. The zero-order chi connectivity index (χ0) is 5.91. The number of hydrogen-bond acceptors (Lipinski definition) is 1. The zero-order valence-electron chi connectivity index (χ0n) is 3.87. The van der Waals surface area contributed by atoms with Crippen LogP contribution in [0.3, 0.4) is 0 Å². The van der Waals surface area contributed by atoms with Crippen molar-refractivity contribution in [3.05, 3.63) is 24.8 Å². The van der Waals surface area contributed by atoms with E-state index in [1.165, 1.54) is 0 Å². The molecule has 0 atom stereocenters. The van der Waals surface area contributed by atoms with E-state index in [-0.39, 0.29) is 17.4 Å². The monoisotopic (exact) mass is 148 g/mol. The van der Waals surface area contributed by atoms with Crippen molar-refractivity contribution in [3.8, 4) is 0 Å². The molecule has 0 aromatic carbocycles. The lowest BCUT2D eigenvalue weighted by atomic mass is 11.3. The lowest BCUT2D eigenvalue weighted by Crippen LogP contribution is -1.60. The molecule has 0 aliphatic carbocycles.